The van der Waals surface area contributed by atoms with Crippen LogP contribution in [0.15, 0.2) is 41.8 Å². The molecule has 0 saturated carbocycles. The van der Waals surface area contributed by atoms with E-state index in [2.05, 4.69) is 16.7 Å². The molecule has 2 N–H and O–H groups in total. The van der Waals surface area contributed by atoms with Gasteiger partial charge >= 0.3 is 0 Å². The lowest BCUT2D eigenvalue weighted by molar-refractivity contribution is 0.0976. The van der Waals surface area contributed by atoms with E-state index in [1.54, 1.807) is 42.7 Å². The highest BCUT2D eigenvalue weighted by Gasteiger charge is 2.10. The molecule has 0 spiro atoms. The zero-order valence-corrected chi connectivity index (χ0v) is 14.1. The second kappa shape index (κ2) is 7.91. The van der Waals surface area contributed by atoms with E-state index in [1.807, 2.05) is 18.4 Å². The van der Waals surface area contributed by atoms with Crippen molar-refractivity contribution >= 4 is 34.6 Å². The molecule has 0 radical (unpaired) electrons. The number of nitrogens with one attached hydrogen (secondary N) is 2. The second-order valence-corrected chi connectivity index (χ2v) is 6.28. The van der Waals surface area contributed by atoms with Gasteiger partial charge in [0.1, 0.15) is 5.75 Å². The molecule has 116 valence electrons. The second-order valence-electron chi connectivity index (χ2n) is 4.84. The molecule has 1 atom stereocenters. The molecule has 22 heavy (non-hydrogen) atoms. The predicted molar refractivity (Wildman–Crippen MR) is 93.7 cm³/mol. The first-order valence-electron chi connectivity index (χ1n) is 6.86. The van der Waals surface area contributed by atoms with Gasteiger partial charge in [0.15, 0.2) is 5.11 Å². The monoisotopic (exact) mass is 334 g/mol. The van der Waals surface area contributed by atoms with E-state index in [-0.39, 0.29) is 11.9 Å². The normalized spacial score (nSPS) is 11.5. The summed E-state index contributed by atoms with van der Waals surface area (Å²) in [6.45, 7) is 2.03. The van der Waals surface area contributed by atoms with Crippen molar-refractivity contribution in [2.24, 2.45) is 0 Å². The summed E-state index contributed by atoms with van der Waals surface area (Å²) in [5.74, 6) is 0.477. The van der Waals surface area contributed by atoms with Gasteiger partial charge in [-0.2, -0.15) is 0 Å². The summed E-state index contributed by atoms with van der Waals surface area (Å²) in [5, 5.41) is 8.20. The van der Waals surface area contributed by atoms with Crippen molar-refractivity contribution in [2.75, 3.05) is 7.11 Å². The van der Waals surface area contributed by atoms with Crippen molar-refractivity contribution in [3.63, 3.8) is 0 Å². The van der Waals surface area contributed by atoms with Crippen LogP contribution in [0.4, 0.5) is 0 Å². The smallest absolute Gasteiger partial charge is 0.257 e. The van der Waals surface area contributed by atoms with E-state index in [9.17, 15) is 4.79 Å². The molecule has 0 aliphatic heterocycles. The van der Waals surface area contributed by atoms with Crippen molar-refractivity contribution in [1.29, 1.82) is 0 Å². The summed E-state index contributed by atoms with van der Waals surface area (Å²) in [6.07, 6.45) is 0.871. The Labute approximate surface area is 139 Å². The van der Waals surface area contributed by atoms with Crippen LogP contribution in [0.5, 0.6) is 5.75 Å². The number of hydrogen-bond acceptors (Lipinski definition) is 4. The van der Waals surface area contributed by atoms with Crippen LogP contribution in [-0.2, 0) is 6.42 Å². The standard InChI is InChI=1S/C16H18N2O2S2/c1-11(10-14-4-3-9-22-14)17-16(21)18-15(19)12-5-7-13(20-2)8-6-12/h3-9,11H,10H2,1-2H3,(H2,17,18,19,21)/t11-/m1/s1. The largest absolute Gasteiger partial charge is 0.497 e. The molecule has 0 aliphatic rings. The van der Waals surface area contributed by atoms with Crippen LogP contribution in [-0.4, -0.2) is 24.2 Å². The number of carbonyl (C=O) groups excluding carboxylic acids is 1. The lowest BCUT2D eigenvalue weighted by Gasteiger charge is -2.15. The molecular formula is C16H18N2O2S2. The fourth-order valence-corrected chi connectivity index (χ4v) is 3.09. The summed E-state index contributed by atoms with van der Waals surface area (Å²) < 4.78 is 5.06. The molecule has 1 aromatic heterocycles. The van der Waals surface area contributed by atoms with Crippen molar-refractivity contribution in [3.8, 4) is 5.75 Å². The van der Waals surface area contributed by atoms with E-state index >= 15 is 0 Å². The lowest BCUT2D eigenvalue weighted by atomic mass is 10.2. The van der Waals surface area contributed by atoms with Crippen LogP contribution in [0.3, 0.4) is 0 Å². The van der Waals surface area contributed by atoms with Gasteiger partial charge in [0.05, 0.1) is 7.11 Å². The molecular weight excluding hydrogens is 316 g/mol. The molecule has 0 bridgehead atoms. The lowest BCUT2D eigenvalue weighted by Crippen LogP contribution is -2.43. The van der Waals surface area contributed by atoms with Crippen LogP contribution < -0.4 is 15.4 Å². The zero-order chi connectivity index (χ0) is 15.9. The van der Waals surface area contributed by atoms with Gasteiger partial charge in [-0.1, -0.05) is 6.07 Å². The van der Waals surface area contributed by atoms with Crippen molar-refractivity contribution in [1.82, 2.24) is 10.6 Å². The maximum Gasteiger partial charge on any atom is 0.257 e. The van der Waals surface area contributed by atoms with Crippen molar-refractivity contribution in [2.45, 2.75) is 19.4 Å². The summed E-state index contributed by atoms with van der Waals surface area (Å²) in [7, 11) is 1.59. The SMILES string of the molecule is COc1ccc(C(=O)NC(=S)N[C@H](C)Cc2cccs2)cc1. The molecule has 1 aromatic carbocycles. The molecule has 6 heteroatoms. The molecule has 2 aromatic rings. The Hall–Kier alpha value is -1.92. The highest BCUT2D eigenvalue weighted by molar-refractivity contribution is 7.80. The van der Waals surface area contributed by atoms with E-state index in [1.165, 1.54) is 4.88 Å². The van der Waals surface area contributed by atoms with E-state index in [0.717, 1.165) is 6.42 Å². The van der Waals surface area contributed by atoms with Gasteiger partial charge in [-0.25, -0.2) is 0 Å². The Balaban J connectivity index is 1.83. The third-order valence-corrected chi connectivity index (χ3v) is 4.16. The van der Waals surface area contributed by atoms with Gasteiger partial charge in [0, 0.05) is 22.9 Å². The molecule has 0 saturated heterocycles. The minimum atomic E-state index is -0.233. The maximum absolute atomic E-state index is 12.1. The highest BCUT2D eigenvalue weighted by atomic mass is 32.1. The Kier molecular flexibility index (Phi) is 5.91. The topological polar surface area (TPSA) is 50.4 Å². The van der Waals surface area contributed by atoms with Gasteiger partial charge < -0.3 is 10.1 Å². The quantitative estimate of drug-likeness (QED) is 0.826. The summed E-state index contributed by atoms with van der Waals surface area (Å²) in [4.78, 5) is 13.4. The fraction of sp³-hybridized carbons (Fsp3) is 0.250. The van der Waals surface area contributed by atoms with Gasteiger partial charge in [-0.05, 0) is 54.9 Å². The van der Waals surface area contributed by atoms with Crippen LogP contribution in [0.25, 0.3) is 0 Å². The van der Waals surface area contributed by atoms with Crippen molar-refractivity contribution < 1.29 is 9.53 Å². The van der Waals surface area contributed by atoms with Gasteiger partial charge in [0.2, 0.25) is 0 Å². The average molecular weight is 334 g/mol. The van der Waals surface area contributed by atoms with Gasteiger partial charge in [-0.3, -0.25) is 10.1 Å². The molecule has 1 heterocycles. The Morgan fingerprint density at radius 2 is 2.05 bits per heavy atom. The van der Waals surface area contributed by atoms with Crippen LogP contribution in [0, 0.1) is 0 Å². The Morgan fingerprint density at radius 3 is 2.64 bits per heavy atom. The van der Waals surface area contributed by atoms with E-state index < -0.39 is 0 Å². The Bertz CT molecular complexity index is 624. The number of rotatable bonds is 5. The third kappa shape index (κ3) is 4.82. The molecule has 0 unspecified atom stereocenters. The average Bonchev–Trinajstić information content (AvgIpc) is 2.99. The van der Waals surface area contributed by atoms with Crippen LogP contribution in [0.2, 0.25) is 0 Å². The number of benzene rings is 1. The summed E-state index contributed by atoms with van der Waals surface area (Å²) in [5.41, 5.74) is 0.538. The van der Waals surface area contributed by atoms with E-state index in [4.69, 9.17) is 17.0 Å². The summed E-state index contributed by atoms with van der Waals surface area (Å²) in [6, 6.07) is 11.1. The molecule has 0 aliphatic carbocycles. The fourth-order valence-electron chi connectivity index (χ4n) is 1.96. The van der Waals surface area contributed by atoms with Crippen molar-refractivity contribution in [3.05, 3.63) is 52.2 Å². The third-order valence-electron chi connectivity index (χ3n) is 3.04. The number of carbonyl (C=O) groups is 1. The molecule has 0 fully saturated rings. The zero-order valence-electron chi connectivity index (χ0n) is 12.5. The first-order valence-corrected chi connectivity index (χ1v) is 8.15. The minimum Gasteiger partial charge on any atom is -0.497 e. The van der Waals surface area contributed by atoms with Crippen LogP contribution >= 0.6 is 23.6 Å². The Morgan fingerprint density at radius 1 is 1.32 bits per heavy atom. The van der Waals surface area contributed by atoms with Gasteiger partial charge in [-0.15, -0.1) is 11.3 Å². The van der Waals surface area contributed by atoms with Crippen LogP contribution in [0.1, 0.15) is 22.2 Å². The minimum absolute atomic E-state index is 0.155. The first-order chi connectivity index (χ1) is 10.6. The van der Waals surface area contributed by atoms with E-state index in [0.29, 0.717) is 16.4 Å². The predicted octanol–water partition coefficient (Wildman–Crippen LogP) is 2.99. The maximum atomic E-state index is 12.1. The van der Waals surface area contributed by atoms with Gasteiger partial charge in [0.25, 0.3) is 5.91 Å². The summed E-state index contributed by atoms with van der Waals surface area (Å²) >= 11 is 6.90. The molecule has 2 rings (SSSR count). The first kappa shape index (κ1) is 16.5. The number of hydrogen-bond donors (Lipinski definition) is 2. The number of amides is 1. The molecule has 4 nitrogen and oxygen atoms in total. The highest BCUT2D eigenvalue weighted by Crippen LogP contribution is 2.12. The number of thiophene rings is 1. The molecule has 1 amide bonds. The number of thiocarbonyl (C=S) groups is 1. The number of methoxy groups -OCH3 is 1. The number of ether oxygens (including phenoxy) is 1.